The van der Waals surface area contributed by atoms with Gasteiger partial charge in [0.25, 0.3) is 0 Å². The predicted molar refractivity (Wildman–Crippen MR) is 64.3 cm³/mol. The van der Waals surface area contributed by atoms with Crippen molar-refractivity contribution in [3.8, 4) is 0 Å². The van der Waals surface area contributed by atoms with Crippen LogP contribution in [0.5, 0.6) is 0 Å². The van der Waals surface area contributed by atoms with Gasteiger partial charge in [-0.25, -0.2) is 4.39 Å². The van der Waals surface area contributed by atoms with Gasteiger partial charge < -0.3 is 10.5 Å². The maximum atomic E-state index is 12.9. The zero-order chi connectivity index (χ0) is 12.8. The van der Waals surface area contributed by atoms with E-state index < -0.39 is 5.82 Å². The van der Waals surface area contributed by atoms with Gasteiger partial charge in [0.2, 0.25) is 0 Å². The molecule has 1 rings (SSSR count). The van der Waals surface area contributed by atoms with E-state index >= 15 is 0 Å². The van der Waals surface area contributed by atoms with E-state index in [9.17, 15) is 9.18 Å². The number of nitrogens with two attached hydrogens (primary N) is 1. The number of hydrogen-bond donors (Lipinski definition) is 1. The van der Waals surface area contributed by atoms with Crippen molar-refractivity contribution in [2.75, 3.05) is 7.11 Å². The van der Waals surface area contributed by atoms with Crippen LogP contribution in [0, 0.1) is 5.82 Å². The number of carbonyl (C=O) groups excluding carboxylic acids is 1. The second kappa shape index (κ2) is 6.57. The van der Waals surface area contributed by atoms with Crippen molar-refractivity contribution in [2.45, 2.75) is 25.3 Å². The zero-order valence-electron chi connectivity index (χ0n) is 9.58. The third-order valence-electron chi connectivity index (χ3n) is 2.43. The number of esters is 1. The lowest BCUT2D eigenvalue weighted by molar-refractivity contribution is -0.140. The second-order valence-corrected chi connectivity index (χ2v) is 4.23. The summed E-state index contributed by atoms with van der Waals surface area (Å²) in [4.78, 5) is 10.9. The van der Waals surface area contributed by atoms with Crippen LogP contribution in [0.15, 0.2) is 18.2 Å². The van der Waals surface area contributed by atoms with E-state index in [2.05, 4.69) is 4.74 Å². The first kappa shape index (κ1) is 13.9. The molecular weight excluding hydrogens is 245 g/mol. The van der Waals surface area contributed by atoms with Crippen molar-refractivity contribution >= 4 is 17.6 Å². The molecule has 1 unspecified atom stereocenters. The Morgan fingerprint density at radius 2 is 2.29 bits per heavy atom. The maximum Gasteiger partial charge on any atom is 0.305 e. The van der Waals surface area contributed by atoms with E-state index in [1.807, 2.05) is 0 Å². The number of methoxy groups -OCH3 is 1. The third-order valence-corrected chi connectivity index (χ3v) is 2.72. The summed E-state index contributed by atoms with van der Waals surface area (Å²) in [6.45, 7) is 0. The Balaban J connectivity index is 2.47. The Kier molecular flexibility index (Phi) is 5.38. The van der Waals surface area contributed by atoms with Crippen LogP contribution in [-0.4, -0.2) is 19.1 Å². The van der Waals surface area contributed by atoms with Crippen LogP contribution in [0.3, 0.4) is 0 Å². The highest BCUT2D eigenvalue weighted by molar-refractivity contribution is 6.30. The molecule has 0 radical (unpaired) electrons. The molecular formula is C12H15ClFNO2. The van der Waals surface area contributed by atoms with Crippen LogP contribution in [-0.2, 0) is 16.0 Å². The minimum Gasteiger partial charge on any atom is -0.469 e. The molecule has 0 heterocycles. The van der Waals surface area contributed by atoms with Crippen LogP contribution < -0.4 is 5.73 Å². The highest BCUT2D eigenvalue weighted by Gasteiger charge is 2.09. The van der Waals surface area contributed by atoms with Crippen LogP contribution in [0.4, 0.5) is 4.39 Å². The van der Waals surface area contributed by atoms with Crippen molar-refractivity contribution in [1.29, 1.82) is 0 Å². The molecule has 1 atom stereocenters. The summed E-state index contributed by atoms with van der Waals surface area (Å²) in [5, 5.41) is 0.0858. The number of carbonyl (C=O) groups is 1. The third kappa shape index (κ3) is 4.71. The molecule has 94 valence electrons. The standard InChI is InChI=1S/C12H15ClFNO2/c1-17-12(16)5-3-9(15)6-8-2-4-11(14)10(13)7-8/h2,4,7,9H,3,5-6,15H2,1H3. The van der Waals surface area contributed by atoms with Gasteiger partial charge in [0.15, 0.2) is 0 Å². The van der Waals surface area contributed by atoms with E-state index in [0.29, 0.717) is 12.8 Å². The monoisotopic (exact) mass is 259 g/mol. The normalized spacial score (nSPS) is 12.2. The predicted octanol–water partition coefficient (Wildman–Crippen LogP) is 2.30. The first-order valence-electron chi connectivity index (χ1n) is 5.29. The van der Waals surface area contributed by atoms with Crippen LogP contribution in [0.2, 0.25) is 5.02 Å². The topological polar surface area (TPSA) is 52.3 Å². The lowest BCUT2D eigenvalue weighted by atomic mass is 10.0. The first-order chi connectivity index (χ1) is 8.02. The van der Waals surface area contributed by atoms with Gasteiger partial charge in [-0.2, -0.15) is 0 Å². The molecule has 0 aliphatic heterocycles. The van der Waals surface area contributed by atoms with Gasteiger partial charge in [-0.05, 0) is 30.5 Å². The zero-order valence-corrected chi connectivity index (χ0v) is 10.3. The van der Waals surface area contributed by atoms with E-state index in [-0.39, 0.29) is 23.5 Å². The number of halogens is 2. The smallest absolute Gasteiger partial charge is 0.305 e. The first-order valence-corrected chi connectivity index (χ1v) is 5.67. The Bertz CT molecular complexity index is 398. The Hall–Kier alpha value is -1.13. The van der Waals surface area contributed by atoms with Crippen molar-refractivity contribution in [1.82, 2.24) is 0 Å². The van der Waals surface area contributed by atoms with E-state index in [1.54, 1.807) is 12.1 Å². The molecule has 0 aromatic heterocycles. The van der Waals surface area contributed by atoms with Crippen LogP contribution in [0.25, 0.3) is 0 Å². The van der Waals surface area contributed by atoms with Gasteiger partial charge in [-0.15, -0.1) is 0 Å². The highest BCUT2D eigenvalue weighted by atomic mass is 35.5. The molecule has 1 aromatic carbocycles. The Morgan fingerprint density at radius 3 is 2.88 bits per heavy atom. The van der Waals surface area contributed by atoms with Crippen molar-refractivity contribution in [2.24, 2.45) is 5.73 Å². The van der Waals surface area contributed by atoms with E-state index in [1.165, 1.54) is 13.2 Å². The van der Waals surface area contributed by atoms with E-state index in [0.717, 1.165) is 5.56 Å². The van der Waals surface area contributed by atoms with Crippen LogP contribution in [0.1, 0.15) is 18.4 Å². The molecule has 0 fully saturated rings. The molecule has 0 bridgehead atoms. The summed E-state index contributed by atoms with van der Waals surface area (Å²) in [7, 11) is 1.34. The van der Waals surface area contributed by atoms with Gasteiger partial charge >= 0.3 is 5.97 Å². The molecule has 0 aliphatic carbocycles. The number of hydrogen-bond acceptors (Lipinski definition) is 3. The molecule has 0 spiro atoms. The van der Waals surface area contributed by atoms with Crippen molar-refractivity contribution in [3.05, 3.63) is 34.6 Å². The summed E-state index contributed by atoms with van der Waals surface area (Å²) in [6, 6.07) is 4.33. The molecule has 5 heteroatoms. The lowest BCUT2D eigenvalue weighted by Gasteiger charge is -2.11. The molecule has 0 saturated heterocycles. The van der Waals surface area contributed by atoms with Crippen molar-refractivity contribution in [3.63, 3.8) is 0 Å². The molecule has 17 heavy (non-hydrogen) atoms. The quantitative estimate of drug-likeness (QED) is 0.826. The van der Waals surface area contributed by atoms with Gasteiger partial charge in [-0.1, -0.05) is 17.7 Å². The maximum absolute atomic E-state index is 12.9. The minimum atomic E-state index is -0.446. The largest absolute Gasteiger partial charge is 0.469 e. The minimum absolute atomic E-state index is 0.0858. The number of benzene rings is 1. The fourth-order valence-electron chi connectivity index (χ4n) is 1.48. The van der Waals surface area contributed by atoms with E-state index in [4.69, 9.17) is 17.3 Å². The Morgan fingerprint density at radius 1 is 1.59 bits per heavy atom. The lowest BCUT2D eigenvalue weighted by Crippen LogP contribution is -2.24. The summed E-state index contributed by atoms with van der Waals surface area (Å²) in [5.41, 5.74) is 6.71. The van der Waals surface area contributed by atoms with Crippen molar-refractivity contribution < 1.29 is 13.9 Å². The fraction of sp³-hybridized carbons (Fsp3) is 0.417. The number of ether oxygens (including phenoxy) is 1. The molecule has 0 aliphatic rings. The van der Waals surface area contributed by atoms with Gasteiger partial charge in [-0.3, -0.25) is 4.79 Å². The van der Waals surface area contributed by atoms with Crippen LogP contribution >= 0.6 is 11.6 Å². The molecule has 3 nitrogen and oxygen atoms in total. The molecule has 2 N–H and O–H groups in total. The molecule has 1 aromatic rings. The summed E-state index contributed by atoms with van der Waals surface area (Å²) in [6.07, 6.45) is 1.37. The van der Waals surface area contributed by atoms with Gasteiger partial charge in [0.05, 0.1) is 12.1 Å². The number of rotatable bonds is 5. The van der Waals surface area contributed by atoms with Gasteiger partial charge in [0.1, 0.15) is 5.82 Å². The molecule has 0 saturated carbocycles. The second-order valence-electron chi connectivity index (χ2n) is 3.83. The average Bonchev–Trinajstić information content (AvgIpc) is 2.31. The molecule has 0 amide bonds. The summed E-state index contributed by atoms with van der Waals surface area (Å²) >= 11 is 5.66. The average molecular weight is 260 g/mol. The highest BCUT2D eigenvalue weighted by Crippen LogP contribution is 2.17. The fourth-order valence-corrected chi connectivity index (χ4v) is 1.68. The summed E-state index contributed by atoms with van der Waals surface area (Å²) < 4.78 is 17.4. The Labute approximate surface area is 105 Å². The SMILES string of the molecule is COC(=O)CCC(N)Cc1ccc(F)c(Cl)c1. The van der Waals surface area contributed by atoms with Gasteiger partial charge in [0, 0.05) is 12.5 Å². The summed E-state index contributed by atoms with van der Waals surface area (Å²) in [5.74, 6) is -0.726.